The molecule has 1 fully saturated rings. The Morgan fingerprint density at radius 1 is 1.50 bits per heavy atom. The summed E-state index contributed by atoms with van der Waals surface area (Å²) in [5.74, 6) is 0.531. The average molecular weight is 249 g/mol. The van der Waals surface area contributed by atoms with E-state index in [1.54, 1.807) is 0 Å². The van der Waals surface area contributed by atoms with E-state index in [0.29, 0.717) is 12.0 Å². The Kier molecular flexibility index (Phi) is 4.42. The van der Waals surface area contributed by atoms with Crippen molar-refractivity contribution in [3.63, 3.8) is 0 Å². The first kappa shape index (κ1) is 13.1. The summed E-state index contributed by atoms with van der Waals surface area (Å²) in [6.45, 7) is 7.01. The second-order valence-corrected chi connectivity index (χ2v) is 5.39. The van der Waals surface area contributed by atoms with Crippen molar-refractivity contribution in [2.75, 3.05) is 19.6 Å². The van der Waals surface area contributed by atoms with Crippen LogP contribution in [0.2, 0.25) is 0 Å². The van der Waals surface area contributed by atoms with Crippen LogP contribution in [0.1, 0.15) is 43.2 Å². The van der Waals surface area contributed by atoms with Crippen LogP contribution in [0.15, 0.2) is 18.3 Å². The van der Waals surface area contributed by atoms with Gasteiger partial charge >= 0.3 is 0 Å². The highest BCUT2D eigenvalue weighted by Crippen LogP contribution is 2.21. The van der Waals surface area contributed by atoms with E-state index in [2.05, 4.69) is 29.0 Å². The maximum Gasteiger partial charge on any atom is 0.267 e. The van der Waals surface area contributed by atoms with E-state index in [0.717, 1.165) is 38.2 Å². The third-order valence-corrected chi connectivity index (χ3v) is 3.38. The topological polar surface area (TPSA) is 46.1 Å². The minimum atomic E-state index is 0.0484. The van der Waals surface area contributed by atoms with Crippen molar-refractivity contribution in [1.82, 2.24) is 15.2 Å². The SMILES string of the molecule is CC(C)CNC(=O)c1cccn1C1CCNCC1. The van der Waals surface area contributed by atoms with Crippen molar-refractivity contribution in [2.24, 2.45) is 5.92 Å². The molecular weight excluding hydrogens is 226 g/mol. The molecule has 4 heteroatoms. The molecule has 0 saturated carbocycles. The molecule has 2 rings (SSSR count). The highest BCUT2D eigenvalue weighted by Gasteiger charge is 2.19. The first-order valence-electron chi connectivity index (χ1n) is 6.84. The summed E-state index contributed by atoms with van der Waals surface area (Å²) in [5, 5.41) is 6.34. The summed E-state index contributed by atoms with van der Waals surface area (Å²) in [6, 6.07) is 4.34. The van der Waals surface area contributed by atoms with Gasteiger partial charge in [-0.15, -0.1) is 0 Å². The zero-order chi connectivity index (χ0) is 13.0. The number of hydrogen-bond donors (Lipinski definition) is 2. The fraction of sp³-hybridized carbons (Fsp3) is 0.643. The van der Waals surface area contributed by atoms with Gasteiger partial charge in [-0.2, -0.15) is 0 Å². The molecule has 0 spiro atoms. The number of rotatable bonds is 4. The molecule has 0 atom stereocenters. The molecule has 1 aliphatic heterocycles. The highest BCUT2D eigenvalue weighted by atomic mass is 16.1. The molecular formula is C14H23N3O. The van der Waals surface area contributed by atoms with Gasteiger partial charge in [0.25, 0.3) is 5.91 Å². The van der Waals surface area contributed by atoms with Crippen LogP contribution in [0.4, 0.5) is 0 Å². The number of hydrogen-bond acceptors (Lipinski definition) is 2. The molecule has 2 N–H and O–H groups in total. The van der Waals surface area contributed by atoms with Crippen molar-refractivity contribution < 1.29 is 4.79 Å². The summed E-state index contributed by atoms with van der Waals surface area (Å²) in [7, 11) is 0. The van der Waals surface area contributed by atoms with Gasteiger partial charge in [-0.05, 0) is 44.0 Å². The normalized spacial score (nSPS) is 17.1. The maximum atomic E-state index is 12.1. The largest absolute Gasteiger partial charge is 0.351 e. The minimum absolute atomic E-state index is 0.0484. The Bertz CT molecular complexity index is 391. The molecule has 1 saturated heterocycles. The average Bonchev–Trinajstić information content (AvgIpc) is 2.86. The Hall–Kier alpha value is -1.29. The third kappa shape index (κ3) is 3.13. The van der Waals surface area contributed by atoms with Crippen LogP contribution in [-0.4, -0.2) is 30.1 Å². The molecule has 0 bridgehead atoms. The molecule has 2 heterocycles. The lowest BCUT2D eigenvalue weighted by Crippen LogP contribution is -2.33. The summed E-state index contributed by atoms with van der Waals surface area (Å²) >= 11 is 0. The van der Waals surface area contributed by atoms with Gasteiger partial charge in [-0.3, -0.25) is 4.79 Å². The molecule has 1 amide bonds. The summed E-state index contributed by atoms with van der Waals surface area (Å²) in [6.07, 6.45) is 4.22. The molecule has 18 heavy (non-hydrogen) atoms. The Morgan fingerprint density at radius 2 is 2.22 bits per heavy atom. The van der Waals surface area contributed by atoms with Crippen molar-refractivity contribution in [3.8, 4) is 0 Å². The second kappa shape index (κ2) is 6.05. The van der Waals surface area contributed by atoms with Crippen LogP contribution in [0.3, 0.4) is 0 Å². The number of amides is 1. The monoisotopic (exact) mass is 249 g/mol. The number of nitrogens with zero attached hydrogens (tertiary/aromatic N) is 1. The van der Waals surface area contributed by atoms with Crippen LogP contribution < -0.4 is 10.6 Å². The fourth-order valence-electron chi connectivity index (χ4n) is 2.38. The lowest BCUT2D eigenvalue weighted by molar-refractivity contribution is 0.0936. The lowest BCUT2D eigenvalue weighted by Gasteiger charge is -2.26. The molecule has 0 aliphatic carbocycles. The quantitative estimate of drug-likeness (QED) is 0.854. The first-order chi connectivity index (χ1) is 8.68. The number of aromatic nitrogens is 1. The zero-order valence-corrected chi connectivity index (χ0v) is 11.3. The summed E-state index contributed by atoms with van der Waals surface area (Å²) in [5.41, 5.74) is 0.794. The van der Waals surface area contributed by atoms with E-state index in [9.17, 15) is 4.79 Å². The second-order valence-electron chi connectivity index (χ2n) is 5.39. The maximum absolute atomic E-state index is 12.1. The van der Waals surface area contributed by atoms with Gasteiger partial charge in [0, 0.05) is 18.8 Å². The minimum Gasteiger partial charge on any atom is -0.351 e. The Balaban J connectivity index is 2.04. The van der Waals surface area contributed by atoms with Gasteiger partial charge in [0.1, 0.15) is 5.69 Å². The van der Waals surface area contributed by atoms with Crippen LogP contribution in [0.5, 0.6) is 0 Å². The standard InChI is InChI=1S/C14H23N3O/c1-11(2)10-16-14(18)13-4-3-9-17(13)12-5-7-15-8-6-12/h3-4,9,11-12,15H,5-8,10H2,1-2H3,(H,16,18). The van der Waals surface area contributed by atoms with Crippen molar-refractivity contribution in [2.45, 2.75) is 32.7 Å². The Labute approximate surface area is 109 Å². The number of piperidine rings is 1. The molecule has 0 aromatic carbocycles. The van der Waals surface area contributed by atoms with Crippen molar-refractivity contribution >= 4 is 5.91 Å². The predicted octanol–water partition coefficient (Wildman–Crippen LogP) is 1.80. The molecule has 4 nitrogen and oxygen atoms in total. The smallest absolute Gasteiger partial charge is 0.267 e. The van der Waals surface area contributed by atoms with Crippen LogP contribution in [0, 0.1) is 5.92 Å². The van der Waals surface area contributed by atoms with Gasteiger partial charge in [0.05, 0.1) is 0 Å². The predicted molar refractivity (Wildman–Crippen MR) is 72.7 cm³/mol. The van der Waals surface area contributed by atoms with Gasteiger partial charge in [-0.25, -0.2) is 0 Å². The third-order valence-electron chi connectivity index (χ3n) is 3.38. The summed E-state index contributed by atoms with van der Waals surface area (Å²) < 4.78 is 2.14. The number of carbonyl (C=O) groups is 1. The highest BCUT2D eigenvalue weighted by molar-refractivity contribution is 5.92. The molecule has 0 unspecified atom stereocenters. The van der Waals surface area contributed by atoms with Gasteiger partial charge in [-0.1, -0.05) is 13.8 Å². The van der Waals surface area contributed by atoms with E-state index in [1.807, 2.05) is 18.3 Å². The Morgan fingerprint density at radius 3 is 2.89 bits per heavy atom. The van der Waals surface area contributed by atoms with Crippen molar-refractivity contribution in [1.29, 1.82) is 0 Å². The summed E-state index contributed by atoms with van der Waals surface area (Å²) in [4.78, 5) is 12.1. The van der Waals surface area contributed by atoms with Gasteiger partial charge in [0.15, 0.2) is 0 Å². The lowest BCUT2D eigenvalue weighted by atomic mass is 10.1. The van der Waals surface area contributed by atoms with E-state index >= 15 is 0 Å². The van der Waals surface area contributed by atoms with Crippen LogP contribution in [-0.2, 0) is 0 Å². The van der Waals surface area contributed by atoms with E-state index in [1.165, 1.54) is 0 Å². The van der Waals surface area contributed by atoms with Crippen LogP contribution in [0.25, 0.3) is 0 Å². The number of nitrogens with one attached hydrogen (secondary N) is 2. The molecule has 0 radical (unpaired) electrons. The molecule has 100 valence electrons. The van der Waals surface area contributed by atoms with Crippen LogP contribution >= 0.6 is 0 Å². The number of carbonyl (C=O) groups excluding carboxylic acids is 1. The van der Waals surface area contributed by atoms with Gasteiger partial charge in [0.2, 0.25) is 0 Å². The van der Waals surface area contributed by atoms with E-state index in [-0.39, 0.29) is 5.91 Å². The first-order valence-corrected chi connectivity index (χ1v) is 6.84. The fourth-order valence-corrected chi connectivity index (χ4v) is 2.38. The molecule has 1 aromatic heterocycles. The molecule has 1 aromatic rings. The van der Waals surface area contributed by atoms with E-state index in [4.69, 9.17) is 0 Å². The molecule has 1 aliphatic rings. The van der Waals surface area contributed by atoms with Crippen molar-refractivity contribution in [3.05, 3.63) is 24.0 Å². The van der Waals surface area contributed by atoms with E-state index < -0.39 is 0 Å². The zero-order valence-electron chi connectivity index (χ0n) is 11.3. The van der Waals surface area contributed by atoms with Gasteiger partial charge < -0.3 is 15.2 Å².